The van der Waals surface area contributed by atoms with Crippen LogP contribution in [0.25, 0.3) is 0 Å². The van der Waals surface area contributed by atoms with E-state index in [2.05, 4.69) is 65.8 Å². The molecule has 0 heterocycles. The molecule has 0 aromatic heterocycles. The van der Waals surface area contributed by atoms with Crippen molar-refractivity contribution >= 4 is 0 Å². The van der Waals surface area contributed by atoms with Crippen LogP contribution in [0.3, 0.4) is 0 Å². The minimum absolute atomic E-state index is 1.13. The van der Waals surface area contributed by atoms with E-state index in [9.17, 15) is 0 Å². The summed E-state index contributed by atoms with van der Waals surface area (Å²) in [6.07, 6.45) is 5.88. The summed E-state index contributed by atoms with van der Waals surface area (Å²) in [5, 5.41) is 0. The molecule has 0 spiro atoms. The first-order valence-corrected chi connectivity index (χ1v) is 9.14. The highest BCUT2D eigenvalue weighted by Crippen LogP contribution is 2.21. The summed E-state index contributed by atoms with van der Waals surface area (Å²) < 4.78 is 0. The predicted octanol–water partition coefficient (Wildman–Crippen LogP) is 6.22. The predicted molar refractivity (Wildman–Crippen MR) is 103 cm³/mol. The Labute approximate surface area is 143 Å². The smallest absolute Gasteiger partial charge is 0.0273 e. The topological polar surface area (TPSA) is 0 Å². The van der Waals surface area contributed by atoms with Gasteiger partial charge in [0, 0.05) is 0 Å². The highest BCUT2D eigenvalue weighted by Gasteiger charge is 2.06. The van der Waals surface area contributed by atoms with Crippen LogP contribution in [0.2, 0.25) is 0 Å². The van der Waals surface area contributed by atoms with Crippen LogP contribution >= 0.6 is 0 Å². The van der Waals surface area contributed by atoms with Gasteiger partial charge in [0.2, 0.25) is 0 Å². The summed E-state index contributed by atoms with van der Waals surface area (Å²) in [6.45, 7) is 13.5. The summed E-state index contributed by atoms with van der Waals surface area (Å²) >= 11 is 0. The van der Waals surface area contributed by atoms with Gasteiger partial charge >= 0.3 is 0 Å². The second kappa shape index (κ2) is 7.81. The van der Waals surface area contributed by atoms with E-state index < -0.39 is 0 Å². The Morgan fingerprint density at radius 3 is 1.52 bits per heavy atom. The highest BCUT2D eigenvalue weighted by molar-refractivity contribution is 5.39. The minimum atomic E-state index is 1.13. The fourth-order valence-electron chi connectivity index (χ4n) is 3.65. The van der Waals surface area contributed by atoms with Crippen LogP contribution in [-0.2, 0) is 25.7 Å². The van der Waals surface area contributed by atoms with Crippen molar-refractivity contribution in [2.45, 2.75) is 73.6 Å². The van der Waals surface area contributed by atoms with Gasteiger partial charge < -0.3 is 0 Å². The normalized spacial score (nSPS) is 11.0. The minimum Gasteiger partial charge on any atom is -0.0613 e. The van der Waals surface area contributed by atoms with Crippen LogP contribution in [0, 0.1) is 27.7 Å². The van der Waals surface area contributed by atoms with Gasteiger partial charge in [-0.05, 0) is 104 Å². The SMILES string of the molecule is CCc1cc(C)c(CCCc2cc(CC)c(C)cc2C)cc1C. The molecule has 0 amide bonds. The van der Waals surface area contributed by atoms with E-state index in [-0.39, 0.29) is 0 Å². The molecule has 0 heteroatoms. The van der Waals surface area contributed by atoms with Gasteiger partial charge in [-0.2, -0.15) is 0 Å². The van der Waals surface area contributed by atoms with E-state index in [1.54, 1.807) is 0 Å². The van der Waals surface area contributed by atoms with Gasteiger partial charge in [0.05, 0.1) is 0 Å². The summed E-state index contributed by atoms with van der Waals surface area (Å²) in [5.41, 5.74) is 11.9. The third-order valence-electron chi connectivity index (χ3n) is 5.24. The third-order valence-corrected chi connectivity index (χ3v) is 5.24. The summed E-state index contributed by atoms with van der Waals surface area (Å²) in [7, 11) is 0. The second-order valence-corrected chi connectivity index (χ2v) is 6.97. The molecular formula is C23H32. The maximum Gasteiger partial charge on any atom is -0.0273 e. The Balaban J connectivity index is 2.07. The van der Waals surface area contributed by atoms with Crippen molar-refractivity contribution < 1.29 is 0 Å². The quantitative estimate of drug-likeness (QED) is 0.594. The van der Waals surface area contributed by atoms with E-state index >= 15 is 0 Å². The third kappa shape index (κ3) is 4.25. The van der Waals surface area contributed by atoms with Crippen molar-refractivity contribution in [1.29, 1.82) is 0 Å². The molecule has 0 radical (unpaired) electrons. The lowest BCUT2D eigenvalue weighted by Gasteiger charge is -2.13. The molecule has 0 saturated heterocycles. The summed E-state index contributed by atoms with van der Waals surface area (Å²) in [4.78, 5) is 0. The van der Waals surface area contributed by atoms with Gasteiger partial charge in [-0.1, -0.05) is 38.1 Å². The lowest BCUT2D eigenvalue weighted by molar-refractivity contribution is 0.807. The Hall–Kier alpha value is -1.56. The monoisotopic (exact) mass is 308 g/mol. The Morgan fingerprint density at radius 1 is 0.522 bits per heavy atom. The van der Waals surface area contributed by atoms with Crippen molar-refractivity contribution in [1.82, 2.24) is 0 Å². The molecule has 2 aromatic rings. The molecule has 0 aliphatic rings. The molecule has 2 aromatic carbocycles. The van der Waals surface area contributed by atoms with Gasteiger partial charge in [0.15, 0.2) is 0 Å². The average molecular weight is 309 g/mol. The molecule has 0 bridgehead atoms. The summed E-state index contributed by atoms with van der Waals surface area (Å²) in [5.74, 6) is 0. The van der Waals surface area contributed by atoms with Gasteiger partial charge in [-0.25, -0.2) is 0 Å². The highest BCUT2D eigenvalue weighted by atomic mass is 14.1. The molecule has 0 fully saturated rings. The van der Waals surface area contributed by atoms with Crippen LogP contribution in [0.5, 0.6) is 0 Å². The van der Waals surface area contributed by atoms with E-state index in [0.29, 0.717) is 0 Å². The van der Waals surface area contributed by atoms with Gasteiger partial charge in [-0.15, -0.1) is 0 Å². The standard InChI is InChI=1S/C23H32/c1-7-20-13-19(6)22(14-18(20)5)10-9-11-23-15-21(8-2)16(3)12-17(23)4/h12-15H,7-11H2,1-6H3. The molecule has 0 N–H and O–H groups in total. The molecule has 0 aliphatic carbocycles. The van der Waals surface area contributed by atoms with E-state index in [1.165, 1.54) is 63.8 Å². The maximum atomic E-state index is 2.43. The first kappa shape index (κ1) is 17.8. The lowest BCUT2D eigenvalue weighted by Crippen LogP contribution is -1.99. The Kier molecular flexibility index (Phi) is 6.04. The number of hydrogen-bond acceptors (Lipinski definition) is 0. The van der Waals surface area contributed by atoms with Crippen LogP contribution in [0.15, 0.2) is 24.3 Å². The first-order chi connectivity index (χ1) is 11.0. The lowest BCUT2D eigenvalue weighted by atomic mass is 9.92. The molecule has 23 heavy (non-hydrogen) atoms. The zero-order chi connectivity index (χ0) is 17.0. The van der Waals surface area contributed by atoms with E-state index in [4.69, 9.17) is 0 Å². The van der Waals surface area contributed by atoms with Gasteiger partial charge in [0.1, 0.15) is 0 Å². The molecule has 0 unspecified atom stereocenters. The van der Waals surface area contributed by atoms with Gasteiger partial charge in [-0.3, -0.25) is 0 Å². The maximum absolute atomic E-state index is 2.43. The zero-order valence-electron chi connectivity index (χ0n) is 15.8. The number of rotatable bonds is 6. The van der Waals surface area contributed by atoms with E-state index in [1.807, 2.05) is 0 Å². The average Bonchev–Trinajstić information content (AvgIpc) is 2.52. The first-order valence-electron chi connectivity index (χ1n) is 9.14. The number of aryl methyl sites for hydroxylation is 8. The zero-order valence-corrected chi connectivity index (χ0v) is 15.8. The molecular weight excluding hydrogens is 276 g/mol. The second-order valence-electron chi connectivity index (χ2n) is 6.97. The Morgan fingerprint density at radius 2 is 0.913 bits per heavy atom. The van der Waals surface area contributed by atoms with E-state index in [0.717, 1.165) is 12.8 Å². The molecule has 0 aliphatic heterocycles. The molecule has 0 nitrogen and oxygen atoms in total. The van der Waals surface area contributed by atoms with Crippen molar-refractivity contribution in [2.24, 2.45) is 0 Å². The van der Waals surface area contributed by atoms with Crippen molar-refractivity contribution in [3.63, 3.8) is 0 Å². The van der Waals surface area contributed by atoms with Crippen LogP contribution in [0.4, 0.5) is 0 Å². The van der Waals surface area contributed by atoms with Crippen LogP contribution < -0.4 is 0 Å². The molecule has 0 saturated carbocycles. The van der Waals surface area contributed by atoms with Crippen molar-refractivity contribution in [3.05, 3.63) is 68.8 Å². The molecule has 124 valence electrons. The number of hydrogen-bond donors (Lipinski definition) is 0. The van der Waals surface area contributed by atoms with Gasteiger partial charge in [0.25, 0.3) is 0 Å². The van der Waals surface area contributed by atoms with Crippen LogP contribution in [0.1, 0.15) is 64.8 Å². The van der Waals surface area contributed by atoms with Crippen LogP contribution in [-0.4, -0.2) is 0 Å². The Bertz CT molecular complexity index is 677. The fourth-order valence-corrected chi connectivity index (χ4v) is 3.65. The largest absolute Gasteiger partial charge is 0.0613 e. The fraction of sp³-hybridized carbons (Fsp3) is 0.478. The van der Waals surface area contributed by atoms with Crippen molar-refractivity contribution in [2.75, 3.05) is 0 Å². The summed E-state index contributed by atoms with van der Waals surface area (Å²) in [6, 6.07) is 9.59. The number of benzene rings is 2. The molecule has 0 atom stereocenters. The van der Waals surface area contributed by atoms with Crippen molar-refractivity contribution in [3.8, 4) is 0 Å². The molecule has 2 rings (SSSR count).